The van der Waals surface area contributed by atoms with Gasteiger partial charge in [0.1, 0.15) is 9.52 Å². The lowest BCUT2D eigenvalue weighted by Crippen LogP contribution is -2.49. The highest BCUT2D eigenvalue weighted by Crippen LogP contribution is 2.15. The van der Waals surface area contributed by atoms with Crippen LogP contribution in [0.2, 0.25) is 12.1 Å². The second-order valence-corrected chi connectivity index (χ2v) is 16.4. The van der Waals surface area contributed by atoms with Crippen LogP contribution in [-0.4, -0.2) is 112 Å². The van der Waals surface area contributed by atoms with Crippen LogP contribution in [-0.2, 0) is 35.4 Å². The zero-order chi connectivity index (χ0) is 24.5. The molecule has 0 aliphatic rings. The van der Waals surface area contributed by atoms with E-state index in [-0.39, 0.29) is 5.79 Å². The molecule has 0 spiro atoms. The minimum atomic E-state index is -2.55. The van der Waals surface area contributed by atoms with Crippen LogP contribution < -0.4 is 10.6 Å². The van der Waals surface area contributed by atoms with Crippen LogP contribution in [0.1, 0.15) is 19.8 Å². The number of rotatable bonds is 21. The molecule has 0 aromatic rings. The Kier molecular flexibility index (Phi) is 18.6. The fourth-order valence-corrected chi connectivity index (χ4v) is 8.99. The lowest BCUT2D eigenvalue weighted by atomic mass is 10.4. The van der Waals surface area contributed by atoms with E-state index in [2.05, 4.69) is 23.3 Å². The number of nitrogens with one attached hydrogen (secondary N) is 2. The molecule has 0 aromatic heterocycles. The quantitative estimate of drug-likeness (QED) is 0.127. The van der Waals surface area contributed by atoms with Gasteiger partial charge in [-0.2, -0.15) is 0 Å². The Balaban J connectivity index is 4.84. The maximum atomic E-state index is 5.50. The summed E-state index contributed by atoms with van der Waals surface area (Å²) in [6, 6.07) is 1.50. The Labute approximate surface area is 201 Å². The zero-order valence-corrected chi connectivity index (χ0v) is 25.2. The average Bonchev–Trinajstić information content (AvgIpc) is 2.83. The normalized spacial score (nSPS) is 13.5. The molecule has 10 nitrogen and oxygen atoms in total. The second-order valence-electron chi connectivity index (χ2n) is 6.83. The molecule has 0 fully saturated rings. The Bertz CT molecular complexity index is 451. The van der Waals surface area contributed by atoms with Crippen molar-refractivity contribution in [3.05, 3.63) is 10.9 Å². The third kappa shape index (κ3) is 11.6. The van der Waals surface area contributed by atoms with Crippen LogP contribution in [0.3, 0.4) is 0 Å². The maximum absolute atomic E-state index is 5.50. The van der Waals surface area contributed by atoms with Gasteiger partial charge in [0.15, 0.2) is 0 Å². The van der Waals surface area contributed by atoms with Crippen molar-refractivity contribution in [2.45, 2.75) is 37.6 Å². The van der Waals surface area contributed by atoms with Crippen LogP contribution in [0.25, 0.3) is 0 Å². The van der Waals surface area contributed by atoms with Crippen LogP contribution in [0, 0.1) is 0 Å². The molecule has 0 aromatic carbocycles. The van der Waals surface area contributed by atoms with Crippen molar-refractivity contribution < 1.29 is 35.4 Å². The van der Waals surface area contributed by atoms with Gasteiger partial charge in [0.05, 0.1) is 0 Å². The van der Waals surface area contributed by atoms with Crippen molar-refractivity contribution >= 4 is 36.4 Å². The van der Waals surface area contributed by atoms with E-state index in [1.54, 1.807) is 56.9 Å². The summed E-state index contributed by atoms with van der Waals surface area (Å²) in [5.74, 6) is 0.120. The topological polar surface area (TPSA) is 97.9 Å². The summed E-state index contributed by atoms with van der Waals surface area (Å²) < 4.78 is 43.9. The first-order valence-corrected chi connectivity index (χ1v) is 16.8. The van der Waals surface area contributed by atoms with E-state index in [9.17, 15) is 0 Å². The highest BCUT2D eigenvalue weighted by atomic mass is 28.4. The van der Waals surface area contributed by atoms with Crippen molar-refractivity contribution in [3.8, 4) is 0 Å². The van der Waals surface area contributed by atoms with Crippen LogP contribution >= 0.6 is 0 Å². The van der Waals surface area contributed by atoms with E-state index in [0.29, 0.717) is 9.52 Å². The summed E-state index contributed by atoms with van der Waals surface area (Å²) in [5, 5.41) is 8.33. The van der Waals surface area contributed by atoms with E-state index in [0.717, 1.165) is 43.2 Å². The first kappa shape index (κ1) is 32.2. The zero-order valence-electron chi connectivity index (χ0n) is 21.2. The van der Waals surface area contributed by atoms with Crippen LogP contribution in [0.5, 0.6) is 0 Å². The van der Waals surface area contributed by atoms with Gasteiger partial charge < -0.3 is 46.0 Å². The standard InChI is InChI=1S/C18H43N2O8Si4/c1-17(30(21-2)22-3)16-29-18(19-12-10-14-31(23-4,24-5)25-6)20-13-11-15-32(26-7,27-8)28-9/h16,18-20H,10-15H2,1-9H3. The Morgan fingerprint density at radius 1 is 0.750 bits per heavy atom. The monoisotopic (exact) mass is 527 g/mol. The molecule has 2 N–H and O–H groups in total. The summed E-state index contributed by atoms with van der Waals surface area (Å²) >= 11 is 0. The Morgan fingerprint density at radius 3 is 1.44 bits per heavy atom. The van der Waals surface area contributed by atoms with Gasteiger partial charge in [-0.25, -0.2) is 0 Å². The number of allylic oxidation sites excluding steroid dienone is 1. The lowest BCUT2D eigenvalue weighted by Gasteiger charge is -2.26. The molecule has 32 heavy (non-hydrogen) atoms. The summed E-state index contributed by atoms with van der Waals surface area (Å²) in [5.41, 5.74) is 2.20. The maximum Gasteiger partial charge on any atom is 0.500 e. The molecule has 0 amide bonds. The van der Waals surface area contributed by atoms with Crippen molar-refractivity contribution in [1.29, 1.82) is 0 Å². The van der Waals surface area contributed by atoms with E-state index < -0.39 is 26.9 Å². The first-order chi connectivity index (χ1) is 15.3. The molecule has 0 heterocycles. The van der Waals surface area contributed by atoms with E-state index >= 15 is 0 Å². The SMILES string of the molecule is CO[Si](OC)C(C)=C[Si]C(NCCC[Si](OC)(OC)OC)NCCC[Si](OC)(OC)OC. The van der Waals surface area contributed by atoms with Gasteiger partial charge in [-0.05, 0) is 38.1 Å². The first-order valence-electron chi connectivity index (χ1n) is 10.5. The van der Waals surface area contributed by atoms with Gasteiger partial charge in [0.25, 0.3) is 0 Å². The molecule has 189 valence electrons. The van der Waals surface area contributed by atoms with Gasteiger partial charge in [-0.1, -0.05) is 5.70 Å². The van der Waals surface area contributed by atoms with E-state index in [1.165, 1.54) is 0 Å². The molecule has 0 atom stereocenters. The predicted octanol–water partition coefficient (Wildman–Crippen LogP) is 0.914. The molecule has 0 rings (SSSR count). The van der Waals surface area contributed by atoms with Crippen molar-refractivity contribution in [2.75, 3.05) is 70.0 Å². The Morgan fingerprint density at radius 2 is 1.12 bits per heavy atom. The Hall–Kier alpha value is 0.208. The highest BCUT2D eigenvalue weighted by Gasteiger charge is 2.37. The van der Waals surface area contributed by atoms with Gasteiger partial charge in [0, 0.05) is 74.8 Å². The minimum Gasteiger partial charge on any atom is -0.393 e. The third-order valence-corrected chi connectivity index (χ3v) is 13.9. The van der Waals surface area contributed by atoms with Gasteiger partial charge in [-0.3, -0.25) is 0 Å². The lowest BCUT2D eigenvalue weighted by molar-refractivity contribution is 0.122. The number of hydrogen-bond donors (Lipinski definition) is 2. The summed E-state index contributed by atoms with van der Waals surface area (Å²) in [6.45, 7) is 3.67. The van der Waals surface area contributed by atoms with E-state index in [4.69, 9.17) is 35.4 Å². The fraction of sp³-hybridized carbons (Fsp3) is 0.889. The van der Waals surface area contributed by atoms with Crippen LogP contribution in [0.15, 0.2) is 10.9 Å². The van der Waals surface area contributed by atoms with Gasteiger partial charge >= 0.3 is 26.9 Å². The highest BCUT2D eigenvalue weighted by molar-refractivity contribution is 6.61. The van der Waals surface area contributed by atoms with Crippen molar-refractivity contribution in [2.24, 2.45) is 0 Å². The largest absolute Gasteiger partial charge is 0.500 e. The summed E-state index contributed by atoms with van der Waals surface area (Å²) in [6.07, 6.45) is 1.76. The molecular formula is C18H43N2O8Si4. The van der Waals surface area contributed by atoms with Crippen molar-refractivity contribution in [3.63, 3.8) is 0 Å². The summed E-state index contributed by atoms with van der Waals surface area (Å²) in [4.78, 5) is 0. The third-order valence-electron chi connectivity index (χ3n) is 5.04. The molecule has 0 saturated heterocycles. The van der Waals surface area contributed by atoms with Gasteiger partial charge in [-0.15, -0.1) is 0 Å². The molecule has 0 bridgehead atoms. The van der Waals surface area contributed by atoms with Crippen LogP contribution in [0.4, 0.5) is 0 Å². The van der Waals surface area contributed by atoms with Crippen molar-refractivity contribution in [1.82, 2.24) is 10.6 Å². The molecule has 0 aliphatic heterocycles. The average molecular weight is 528 g/mol. The molecular weight excluding hydrogens is 485 g/mol. The fourth-order valence-electron chi connectivity index (χ4n) is 3.08. The predicted molar refractivity (Wildman–Crippen MR) is 131 cm³/mol. The van der Waals surface area contributed by atoms with Gasteiger partial charge in [0.2, 0.25) is 0 Å². The molecule has 0 unspecified atom stereocenters. The molecule has 0 saturated carbocycles. The smallest absolute Gasteiger partial charge is 0.393 e. The van der Waals surface area contributed by atoms with E-state index in [1.807, 2.05) is 0 Å². The second kappa shape index (κ2) is 18.5. The molecule has 3 radical (unpaired) electrons. The minimum absolute atomic E-state index is 0.120. The number of hydrogen-bond acceptors (Lipinski definition) is 10. The summed E-state index contributed by atoms with van der Waals surface area (Å²) in [7, 11) is 7.23. The molecule has 14 heteroatoms. The molecule has 0 aliphatic carbocycles.